The fraction of sp³-hybridized carbons (Fsp3) is 0.231. The third kappa shape index (κ3) is 5.03. The molecule has 0 aliphatic heterocycles. The summed E-state index contributed by atoms with van der Waals surface area (Å²) in [6.45, 7) is 2.02. The van der Waals surface area contributed by atoms with Gasteiger partial charge in [-0.25, -0.2) is 4.39 Å². The summed E-state index contributed by atoms with van der Waals surface area (Å²) in [7, 11) is 0. The summed E-state index contributed by atoms with van der Waals surface area (Å²) >= 11 is 5.95. The molecular formula is C26H24ClF. The van der Waals surface area contributed by atoms with E-state index in [9.17, 15) is 4.39 Å². The maximum absolute atomic E-state index is 13.5. The largest absolute Gasteiger partial charge is 0.205 e. The minimum atomic E-state index is -0.459. The van der Waals surface area contributed by atoms with Crippen LogP contribution >= 0.6 is 11.6 Å². The van der Waals surface area contributed by atoms with Crippen molar-refractivity contribution in [1.82, 2.24) is 0 Å². The van der Waals surface area contributed by atoms with E-state index in [1.165, 1.54) is 22.8 Å². The molecule has 3 rings (SSSR count). The zero-order chi connectivity index (χ0) is 20.0. The van der Waals surface area contributed by atoms with Gasteiger partial charge in [-0.05, 0) is 67.0 Å². The van der Waals surface area contributed by atoms with Crippen molar-refractivity contribution in [2.24, 2.45) is 0 Å². The molecule has 0 aliphatic carbocycles. The molecule has 28 heavy (non-hydrogen) atoms. The Labute approximate surface area is 172 Å². The van der Waals surface area contributed by atoms with Crippen molar-refractivity contribution in [3.8, 4) is 12.3 Å². The van der Waals surface area contributed by atoms with Gasteiger partial charge >= 0.3 is 0 Å². The summed E-state index contributed by atoms with van der Waals surface area (Å²) in [4.78, 5) is 0. The van der Waals surface area contributed by atoms with Gasteiger partial charge in [0.1, 0.15) is 5.82 Å². The van der Waals surface area contributed by atoms with Crippen molar-refractivity contribution in [3.05, 3.63) is 106 Å². The van der Waals surface area contributed by atoms with Crippen LogP contribution in [-0.4, -0.2) is 0 Å². The van der Waals surface area contributed by atoms with Crippen molar-refractivity contribution >= 4 is 11.6 Å². The second-order valence-corrected chi connectivity index (χ2v) is 7.85. The van der Waals surface area contributed by atoms with Gasteiger partial charge in [0.15, 0.2) is 0 Å². The lowest BCUT2D eigenvalue weighted by Crippen LogP contribution is -2.20. The number of aryl methyl sites for hydroxylation is 1. The van der Waals surface area contributed by atoms with Crippen LogP contribution in [0.1, 0.15) is 42.0 Å². The zero-order valence-corrected chi connectivity index (χ0v) is 16.8. The third-order valence-corrected chi connectivity index (χ3v) is 5.55. The SMILES string of the molecule is C#CC(C)(CCCc1cccc(Cc2ccccc2)c1)c1ccc(F)c(Cl)c1. The average molecular weight is 391 g/mol. The molecule has 0 aliphatic rings. The molecule has 0 spiro atoms. The molecule has 0 aromatic heterocycles. The minimum Gasteiger partial charge on any atom is -0.205 e. The second kappa shape index (κ2) is 9.09. The van der Waals surface area contributed by atoms with Gasteiger partial charge in [-0.2, -0.15) is 0 Å². The molecule has 0 heterocycles. The maximum Gasteiger partial charge on any atom is 0.141 e. The smallest absolute Gasteiger partial charge is 0.141 e. The Morgan fingerprint density at radius 1 is 0.929 bits per heavy atom. The van der Waals surface area contributed by atoms with Crippen LogP contribution in [0.4, 0.5) is 4.39 Å². The Kier molecular flexibility index (Phi) is 6.55. The summed E-state index contributed by atoms with van der Waals surface area (Å²) in [5.74, 6) is 2.47. The Morgan fingerprint density at radius 3 is 2.36 bits per heavy atom. The highest BCUT2D eigenvalue weighted by atomic mass is 35.5. The first-order valence-corrected chi connectivity index (χ1v) is 9.93. The molecule has 0 saturated heterocycles. The number of terminal acetylenes is 1. The van der Waals surface area contributed by atoms with Gasteiger partial charge in [0, 0.05) is 0 Å². The van der Waals surface area contributed by atoms with Crippen LogP contribution in [-0.2, 0) is 18.3 Å². The van der Waals surface area contributed by atoms with Crippen molar-refractivity contribution in [3.63, 3.8) is 0 Å². The van der Waals surface area contributed by atoms with Crippen molar-refractivity contribution in [2.45, 2.75) is 38.0 Å². The van der Waals surface area contributed by atoms with Crippen LogP contribution in [0.3, 0.4) is 0 Å². The van der Waals surface area contributed by atoms with Crippen molar-refractivity contribution in [2.75, 3.05) is 0 Å². The van der Waals surface area contributed by atoms with Crippen molar-refractivity contribution in [1.29, 1.82) is 0 Å². The Bertz CT molecular complexity index is 971. The molecule has 1 unspecified atom stereocenters. The summed E-state index contributed by atoms with van der Waals surface area (Å²) in [5, 5.41) is 0.118. The number of hydrogen-bond acceptors (Lipinski definition) is 0. The van der Waals surface area contributed by atoms with Crippen LogP contribution in [0, 0.1) is 18.2 Å². The van der Waals surface area contributed by atoms with Gasteiger partial charge in [-0.1, -0.05) is 78.2 Å². The lowest BCUT2D eigenvalue weighted by atomic mass is 9.78. The quantitative estimate of drug-likeness (QED) is 0.381. The first-order chi connectivity index (χ1) is 13.5. The first kappa shape index (κ1) is 20.2. The number of rotatable bonds is 7. The van der Waals surface area contributed by atoms with E-state index in [2.05, 4.69) is 54.5 Å². The molecule has 0 N–H and O–H groups in total. The third-order valence-electron chi connectivity index (χ3n) is 5.26. The predicted octanol–water partition coefficient (Wildman–Crippen LogP) is 6.98. The van der Waals surface area contributed by atoms with E-state index in [4.69, 9.17) is 18.0 Å². The van der Waals surface area contributed by atoms with E-state index in [1.54, 1.807) is 12.1 Å². The number of benzene rings is 3. The standard InChI is InChI=1S/C26H24ClF/c1-3-26(2,23-14-15-25(28)24(27)19-23)16-8-13-21-11-7-12-22(18-21)17-20-9-5-4-6-10-20/h1,4-7,9-12,14-15,18-19H,8,13,16-17H2,2H3. The van der Waals surface area contributed by atoms with Crippen LogP contribution in [0.25, 0.3) is 0 Å². The van der Waals surface area contributed by atoms with Gasteiger partial charge in [-0.15, -0.1) is 6.42 Å². The summed E-state index contributed by atoms with van der Waals surface area (Å²) in [6, 6.07) is 24.0. The maximum atomic E-state index is 13.5. The summed E-state index contributed by atoms with van der Waals surface area (Å²) < 4.78 is 13.5. The van der Waals surface area contributed by atoms with E-state index in [0.717, 1.165) is 31.2 Å². The van der Waals surface area contributed by atoms with Crippen LogP contribution < -0.4 is 0 Å². The molecule has 0 nitrogen and oxygen atoms in total. The molecule has 1 atom stereocenters. The molecule has 142 valence electrons. The van der Waals surface area contributed by atoms with Gasteiger partial charge in [-0.3, -0.25) is 0 Å². The lowest BCUT2D eigenvalue weighted by molar-refractivity contribution is 0.531. The minimum absolute atomic E-state index is 0.118. The fourth-order valence-electron chi connectivity index (χ4n) is 3.51. The Balaban J connectivity index is 1.64. The molecule has 0 bridgehead atoms. The molecule has 2 heteroatoms. The van der Waals surface area contributed by atoms with Gasteiger partial charge < -0.3 is 0 Å². The molecule has 0 fully saturated rings. The number of hydrogen-bond donors (Lipinski definition) is 0. The van der Waals surface area contributed by atoms with E-state index >= 15 is 0 Å². The topological polar surface area (TPSA) is 0 Å². The van der Waals surface area contributed by atoms with Crippen LogP contribution in [0.15, 0.2) is 72.8 Å². The van der Waals surface area contributed by atoms with Crippen LogP contribution in [0.2, 0.25) is 5.02 Å². The van der Waals surface area contributed by atoms with E-state index < -0.39 is 11.2 Å². The molecule has 0 saturated carbocycles. The number of halogens is 2. The van der Waals surface area contributed by atoms with Gasteiger partial charge in [0.2, 0.25) is 0 Å². The average Bonchev–Trinajstić information content (AvgIpc) is 2.71. The van der Waals surface area contributed by atoms with Crippen LogP contribution in [0.5, 0.6) is 0 Å². The molecule has 3 aromatic carbocycles. The van der Waals surface area contributed by atoms with E-state index in [1.807, 2.05) is 13.0 Å². The Hall–Kier alpha value is -2.56. The highest BCUT2D eigenvalue weighted by Crippen LogP contribution is 2.31. The normalized spacial score (nSPS) is 12.9. The summed E-state index contributed by atoms with van der Waals surface area (Å²) in [6.07, 6.45) is 9.48. The summed E-state index contributed by atoms with van der Waals surface area (Å²) in [5.41, 5.74) is 4.37. The monoisotopic (exact) mass is 390 g/mol. The lowest BCUT2D eigenvalue weighted by Gasteiger charge is -2.24. The molecular weight excluding hydrogens is 367 g/mol. The van der Waals surface area contributed by atoms with Gasteiger partial charge in [0.05, 0.1) is 10.4 Å². The van der Waals surface area contributed by atoms with Gasteiger partial charge in [0.25, 0.3) is 0 Å². The Morgan fingerprint density at radius 2 is 1.64 bits per heavy atom. The molecule has 3 aromatic rings. The highest BCUT2D eigenvalue weighted by molar-refractivity contribution is 6.30. The zero-order valence-electron chi connectivity index (χ0n) is 16.1. The molecule has 0 radical (unpaired) electrons. The van der Waals surface area contributed by atoms with E-state index in [0.29, 0.717) is 0 Å². The predicted molar refractivity (Wildman–Crippen MR) is 116 cm³/mol. The highest BCUT2D eigenvalue weighted by Gasteiger charge is 2.24. The first-order valence-electron chi connectivity index (χ1n) is 9.55. The fourth-order valence-corrected chi connectivity index (χ4v) is 3.69. The van der Waals surface area contributed by atoms with Crippen molar-refractivity contribution < 1.29 is 4.39 Å². The molecule has 0 amide bonds. The second-order valence-electron chi connectivity index (χ2n) is 7.44. The van der Waals surface area contributed by atoms with E-state index in [-0.39, 0.29) is 5.02 Å².